The van der Waals surface area contributed by atoms with Crippen LogP contribution in [0.3, 0.4) is 0 Å². The van der Waals surface area contributed by atoms with Gasteiger partial charge in [0.05, 0.1) is 6.04 Å². The Bertz CT molecular complexity index is 1220. The molecule has 7 heteroatoms. The van der Waals surface area contributed by atoms with E-state index >= 15 is 0 Å². The normalized spacial score (nSPS) is 11.7. The fraction of sp³-hybridized carbons (Fsp3) is 0.222. The van der Waals surface area contributed by atoms with Crippen LogP contribution in [0, 0.1) is 6.92 Å². The summed E-state index contributed by atoms with van der Waals surface area (Å²) in [7, 11) is 0. The Balaban J connectivity index is 1.53. The Morgan fingerprint density at radius 3 is 2.32 bits per heavy atom. The molecule has 3 aromatic carbocycles. The molecule has 0 radical (unpaired) electrons. The molecule has 174 valence electrons. The zero-order valence-electron chi connectivity index (χ0n) is 19.7. The van der Waals surface area contributed by atoms with Gasteiger partial charge >= 0.3 is 6.03 Å². The van der Waals surface area contributed by atoms with Crippen LogP contribution < -0.4 is 10.6 Å². The van der Waals surface area contributed by atoms with Crippen molar-refractivity contribution in [2.24, 2.45) is 0 Å². The lowest BCUT2D eigenvalue weighted by atomic mass is 10.1. The van der Waals surface area contributed by atoms with E-state index in [-0.39, 0.29) is 12.1 Å². The third-order valence-electron chi connectivity index (χ3n) is 5.52. The van der Waals surface area contributed by atoms with E-state index in [1.54, 1.807) is 11.8 Å². The number of urea groups is 1. The molecular weight excluding hydrogens is 442 g/mol. The molecule has 0 saturated heterocycles. The molecule has 2 N–H and O–H groups in total. The predicted octanol–water partition coefficient (Wildman–Crippen LogP) is 6.31. The number of nitrogens with one attached hydrogen (secondary N) is 2. The van der Waals surface area contributed by atoms with E-state index in [9.17, 15) is 4.79 Å². The van der Waals surface area contributed by atoms with Crippen LogP contribution in [0.25, 0.3) is 5.69 Å². The molecule has 1 unspecified atom stereocenters. The first-order chi connectivity index (χ1) is 16.5. The van der Waals surface area contributed by atoms with Gasteiger partial charge < -0.3 is 10.6 Å². The molecule has 1 heterocycles. The Morgan fingerprint density at radius 1 is 0.941 bits per heavy atom. The second-order valence-electron chi connectivity index (χ2n) is 8.16. The Morgan fingerprint density at radius 2 is 1.65 bits per heavy atom. The quantitative estimate of drug-likeness (QED) is 0.295. The molecule has 0 aliphatic rings. The number of carbonyl (C=O) groups excluding carboxylic acids is 1. The second kappa shape index (κ2) is 11.0. The Kier molecular flexibility index (Phi) is 7.65. The van der Waals surface area contributed by atoms with Gasteiger partial charge in [-0.1, -0.05) is 78.8 Å². The molecule has 34 heavy (non-hydrogen) atoms. The fourth-order valence-corrected chi connectivity index (χ4v) is 4.48. The molecule has 6 nitrogen and oxygen atoms in total. The fourth-order valence-electron chi connectivity index (χ4n) is 3.57. The summed E-state index contributed by atoms with van der Waals surface area (Å²) in [5, 5.41) is 15.6. The highest BCUT2D eigenvalue weighted by atomic mass is 32.2. The molecular formula is C27H29N5OS. The number of thioether (sulfide) groups is 1. The lowest BCUT2D eigenvalue weighted by molar-refractivity contribution is 0.249. The van der Waals surface area contributed by atoms with Crippen molar-refractivity contribution in [1.82, 2.24) is 20.1 Å². The summed E-state index contributed by atoms with van der Waals surface area (Å²) in [6, 6.07) is 25.7. The van der Waals surface area contributed by atoms with Gasteiger partial charge in [-0.25, -0.2) is 4.79 Å². The maximum atomic E-state index is 12.7. The van der Waals surface area contributed by atoms with Gasteiger partial charge in [-0.05, 0) is 55.7 Å². The number of aryl methyl sites for hydroxylation is 2. The number of aromatic nitrogens is 3. The summed E-state index contributed by atoms with van der Waals surface area (Å²) in [5.41, 5.74) is 5.33. The van der Waals surface area contributed by atoms with E-state index in [1.807, 2.05) is 54.0 Å². The van der Waals surface area contributed by atoms with Crippen molar-refractivity contribution in [3.05, 3.63) is 101 Å². The predicted molar refractivity (Wildman–Crippen MR) is 138 cm³/mol. The number of carbonyl (C=O) groups is 1. The minimum atomic E-state index is -0.352. The number of hydrogen-bond acceptors (Lipinski definition) is 4. The molecule has 0 aliphatic heterocycles. The SMILES string of the molecule is CCc1ccc(NC(=O)NC(C)c2nnc(SCc3ccccc3)n2-c2ccc(C)cc2)cc1. The van der Waals surface area contributed by atoms with E-state index < -0.39 is 0 Å². The molecule has 1 atom stereocenters. The topological polar surface area (TPSA) is 71.8 Å². The molecule has 0 fully saturated rings. The van der Waals surface area contributed by atoms with Crippen LogP contribution in [0.15, 0.2) is 84.0 Å². The van der Waals surface area contributed by atoms with Crippen LogP contribution >= 0.6 is 11.8 Å². The van der Waals surface area contributed by atoms with Gasteiger partial charge in [0.2, 0.25) is 0 Å². The van der Waals surface area contributed by atoms with Gasteiger partial charge in [-0.2, -0.15) is 0 Å². The molecule has 2 amide bonds. The molecule has 4 rings (SSSR count). The number of anilines is 1. The van der Waals surface area contributed by atoms with Gasteiger partial charge in [0, 0.05) is 17.1 Å². The van der Waals surface area contributed by atoms with Gasteiger partial charge in [0.15, 0.2) is 11.0 Å². The van der Waals surface area contributed by atoms with E-state index in [2.05, 4.69) is 71.1 Å². The van der Waals surface area contributed by atoms with Crippen LogP contribution in [-0.2, 0) is 12.2 Å². The van der Waals surface area contributed by atoms with Crippen LogP contribution in [0.1, 0.15) is 42.4 Å². The number of amides is 2. The number of rotatable bonds is 8. The number of nitrogens with zero attached hydrogens (tertiary/aromatic N) is 3. The van der Waals surface area contributed by atoms with E-state index in [0.29, 0.717) is 5.82 Å². The summed E-state index contributed by atoms with van der Waals surface area (Å²) in [6.07, 6.45) is 0.961. The van der Waals surface area contributed by atoms with E-state index in [1.165, 1.54) is 16.7 Å². The van der Waals surface area contributed by atoms with Crippen LogP contribution in [0.2, 0.25) is 0 Å². The van der Waals surface area contributed by atoms with Crippen molar-refractivity contribution >= 4 is 23.5 Å². The Hall–Kier alpha value is -3.58. The third kappa shape index (κ3) is 5.85. The van der Waals surface area contributed by atoms with Gasteiger partial charge in [-0.15, -0.1) is 10.2 Å². The largest absolute Gasteiger partial charge is 0.328 e. The minimum absolute atomic E-state index is 0.284. The molecule has 1 aromatic heterocycles. The van der Waals surface area contributed by atoms with E-state index in [0.717, 1.165) is 28.7 Å². The summed E-state index contributed by atoms with van der Waals surface area (Å²) in [6.45, 7) is 6.08. The average molecular weight is 472 g/mol. The molecule has 0 aliphatic carbocycles. The van der Waals surface area contributed by atoms with Crippen LogP contribution in [0.5, 0.6) is 0 Å². The van der Waals surface area contributed by atoms with Gasteiger partial charge in [-0.3, -0.25) is 4.57 Å². The van der Waals surface area contributed by atoms with Gasteiger partial charge in [0.1, 0.15) is 0 Å². The summed E-state index contributed by atoms with van der Waals surface area (Å²) < 4.78 is 2.02. The monoisotopic (exact) mass is 471 g/mol. The second-order valence-corrected chi connectivity index (χ2v) is 9.10. The Labute approximate surface area is 204 Å². The van der Waals surface area contributed by atoms with Crippen molar-refractivity contribution in [2.45, 2.75) is 44.1 Å². The first-order valence-electron chi connectivity index (χ1n) is 11.4. The summed E-state index contributed by atoms with van der Waals surface area (Å²) in [5.74, 6) is 1.46. The molecule has 4 aromatic rings. The lowest BCUT2D eigenvalue weighted by Gasteiger charge is -2.17. The van der Waals surface area contributed by atoms with Crippen molar-refractivity contribution in [2.75, 3.05) is 5.32 Å². The zero-order valence-corrected chi connectivity index (χ0v) is 20.5. The van der Waals surface area contributed by atoms with Crippen LogP contribution in [0.4, 0.5) is 10.5 Å². The standard InChI is InChI=1S/C27H29N5OS/c1-4-21-12-14-23(15-13-21)29-26(33)28-20(3)25-30-31-27(34-18-22-8-6-5-7-9-22)32(25)24-16-10-19(2)11-17-24/h5-17,20H,4,18H2,1-3H3,(H2,28,29,33). The van der Waals surface area contributed by atoms with Crippen molar-refractivity contribution < 1.29 is 4.79 Å². The molecule has 0 saturated carbocycles. The van der Waals surface area contributed by atoms with Crippen LogP contribution in [-0.4, -0.2) is 20.8 Å². The molecule has 0 spiro atoms. The smallest absolute Gasteiger partial charge is 0.319 e. The zero-order chi connectivity index (χ0) is 23.9. The summed E-state index contributed by atoms with van der Waals surface area (Å²) >= 11 is 1.62. The number of benzene rings is 3. The maximum absolute atomic E-state index is 12.7. The lowest BCUT2D eigenvalue weighted by Crippen LogP contribution is -2.32. The van der Waals surface area contributed by atoms with Crippen molar-refractivity contribution in [3.8, 4) is 5.69 Å². The van der Waals surface area contributed by atoms with Crippen molar-refractivity contribution in [3.63, 3.8) is 0 Å². The maximum Gasteiger partial charge on any atom is 0.319 e. The number of hydrogen-bond donors (Lipinski definition) is 2. The first-order valence-corrected chi connectivity index (χ1v) is 12.4. The summed E-state index contributed by atoms with van der Waals surface area (Å²) in [4.78, 5) is 12.7. The average Bonchev–Trinajstić information content (AvgIpc) is 3.28. The third-order valence-corrected chi connectivity index (χ3v) is 6.52. The highest BCUT2D eigenvalue weighted by Crippen LogP contribution is 2.27. The van der Waals surface area contributed by atoms with Gasteiger partial charge in [0.25, 0.3) is 0 Å². The minimum Gasteiger partial charge on any atom is -0.328 e. The first kappa shape index (κ1) is 23.6. The van der Waals surface area contributed by atoms with Crippen molar-refractivity contribution in [1.29, 1.82) is 0 Å². The highest BCUT2D eigenvalue weighted by Gasteiger charge is 2.21. The van der Waals surface area contributed by atoms with E-state index in [4.69, 9.17) is 0 Å². The molecule has 0 bridgehead atoms. The highest BCUT2D eigenvalue weighted by molar-refractivity contribution is 7.98.